The molecular weight excluding hydrogens is 513 g/mol. The molecule has 2 fully saturated rings. The highest BCUT2D eigenvalue weighted by Crippen LogP contribution is 2.29. The van der Waals surface area contributed by atoms with E-state index in [2.05, 4.69) is 20.4 Å². The predicted octanol–water partition coefficient (Wildman–Crippen LogP) is 4.46. The van der Waals surface area contributed by atoms with Gasteiger partial charge in [-0.1, -0.05) is 38.8 Å². The Bertz CT molecular complexity index is 1130. The van der Waals surface area contributed by atoms with Crippen molar-refractivity contribution in [2.24, 2.45) is 11.3 Å². The first-order valence-electron chi connectivity index (χ1n) is 14.6. The number of hydrogen-bond acceptors (Lipinski definition) is 7. The topological polar surface area (TPSA) is 101 Å². The average molecular weight is 558 g/mol. The molecule has 0 unspecified atom stereocenters. The van der Waals surface area contributed by atoms with Gasteiger partial charge in [0.1, 0.15) is 17.6 Å². The van der Waals surface area contributed by atoms with Crippen LogP contribution in [0.3, 0.4) is 0 Å². The van der Waals surface area contributed by atoms with Gasteiger partial charge in [-0.05, 0) is 49.7 Å². The van der Waals surface area contributed by atoms with Crippen LogP contribution in [0.1, 0.15) is 72.1 Å². The summed E-state index contributed by atoms with van der Waals surface area (Å²) in [6, 6.07) is 4.21. The first kappa shape index (κ1) is 30.0. The van der Waals surface area contributed by atoms with Gasteiger partial charge in [0, 0.05) is 51.6 Å². The summed E-state index contributed by atoms with van der Waals surface area (Å²) in [5.41, 5.74) is 0.192. The SMILES string of the molecule is C[C@@H](NC(=O)CC(C)(C)C)C(=O)N1CCN(CCCOc2ccc(-c3noc(CC4CCCC4)n3)c(F)c2)CC1. The second-order valence-electron chi connectivity index (χ2n) is 12.4. The largest absolute Gasteiger partial charge is 0.493 e. The number of nitrogens with zero attached hydrogens (tertiary/aromatic N) is 4. The summed E-state index contributed by atoms with van der Waals surface area (Å²) in [5, 5.41) is 6.82. The molecule has 0 bridgehead atoms. The lowest BCUT2D eigenvalue weighted by Gasteiger charge is -2.36. The Morgan fingerprint density at radius 3 is 2.58 bits per heavy atom. The molecule has 10 heteroatoms. The van der Waals surface area contributed by atoms with E-state index in [-0.39, 0.29) is 23.1 Å². The Morgan fingerprint density at radius 2 is 1.90 bits per heavy atom. The molecule has 9 nitrogen and oxygen atoms in total. The van der Waals surface area contributed by atoms with Gasteiger partial charge in [0.15, 0.2) is 0 Å². The lowest BCUT2D eigenvalue weighted by molar-refractivity contribution is -0.137. The fourth-order valence-electron chi connectivity index (χ4n) is 5.46. The van der Waals surface area contributed by atoms with Crippen LogP contribution in [0.4, 0.5) is 4.39 Å². The summed E-state index contributed by atoms with van der Waals surface area (Å²) in [5.74, 6) is 1.33. The zero-order valence-corrected chi connectivity index (χ0v) is 24.4. The van der Waals surface area contributed by atoms with Crippen LogP contribution < -0.4 is 10.1 Å². The lowest BCUT2D eigenvalue weighted by atomic mass is 9.92. The fraction of sp³-hybridized carbons (Fsp3) is 0.667. The molecule has 2 heterocycles. The van der Waals surface area contributed by atoms with Crippen LogP contribution in [0, 0.1) is 17.2 Å². The van der Waals surface area contributed by atoms with E-state index < -0.39 is 11.9 Å². The van der Waals surface area contributed by atoms with Gasteiger partial charge in [0.25, 0.3) is 0 Å². The van der Waals surface area contributed by atoms with Crippen molar-refractivity contribution in [3.05, 3.63) is 29.9 Å². The number of piperazine rings is 1. The van der Waals surface area contributed by atoms with Crippen molar-refractivity contribution in [2.45, 2.75) is 78.7 Å². The summed E-state index contributed by atoms with van der Waals surface area (Å²) in [6.07, 6.45) is 6.80. The Morgan fingerprint density at radius 1 is 1.18 bits per heavy atom. The Balaban J connectivity index is 1.14. The predicted molar refractivity (Wildman–Crippen MR) is 150 cm³/mol. The number of carbonyl (C=O) groups excluding carboxylic acids is 2. The zero-order valence-electron chi connectivity index (χ0n) is 24.4. The van der Waals surface area contributed by atoms with E-state index in [0.717, 1.165) is 32.5 Å². The highest BCUT2D eigenvalue weighted by atomic mass is 19.1. The minimum absolute atomic E-state index is 0.0402. The first-order chi connectivity index (χ1) is 19.1. The van der Waals surface area contributed by atoms with Gasteiger partial charge in [0.05, 0.1) is 12.2 Å². The van der Waals surface area contributed by atoms with Crippen LogP contribution in [0.15, 0.2) is 22.7 Å². The molecule has 1 saturated carbocycles. The summed E-state index contributed by atoms with van der Waals surface area (Å²) >= 11 is 0. The second kappa shape index (κ2) is 13.6. The van der Waals surface area contributed by atoms with E-state index in [1.807, 2.05) is 25.7 Å². The first-order valence-corrected chi connectivity index (χ1v) is 14.6. The number of ether oxygens (including phenoxy) is 1. The van der Waals surface area contributed by atoms with Crippen LogP contribution in [0.2, 0.25) is 0 Å². The smallest absolute Gasteiger partial charge is 0.244 e. The number of benzene rings is 1. The van der Waals surface area contributed by atoms with E-state index in [4.69, 9.17) is 9.26 Å². The van der Waals surface area contributed by atoms with Crippen molar-refractivity contribution in [2.75, 3.05) is 39.3 Å². The van der Waals surface area contributed by atoms with Crippen LogP contribution in [-0.2, 0) is 16.0 Å². The number of rotatable bonds is 11. The van der Waals surface area contributed by atoms with Gasteiger partial charge in [0.2, 0.25) is 23.5 Å². The molecule has 1 saturated heterocycles. The molecule has 4 rings (SSSR count). The zero-order chi connectivity index (χ0) is 28.7. The van der Waals surface area contributed by atoms with E-state index in [0.29, 0.717) is 49.2 Å². The van der Waals surface area contributed by atoms with Crippen LogP contribution >= 0.6 is 0 Å². The van der Waals surface area contributed by atoms with Gasteiger partial charge in [-0.25, -0.2) is 4.39 Å². The summed E-state index contributed by atoms with van der Waals surface area (Å²) in [4.78, 5) is 33.5. The number of aromatic nitrogens is 2. The molecule has 0 radical (unpaired) electrons. The van der Waals surface area contributed by atoms with Crippen molar-refractivity contribution in [1.82, 2.24) is 25.3 Å². The summed E-state index contributed by atoms with van der Waals surface area (Å²) < 4.78 is 25.9. The maximum absolute atomic E-state index is 14.8. The van der Waals surface area contributed by atoms with E-state index in [1.54, 1.807) is 19.1 Å². The van der Waals surface area contributed by atoms with E-state index >= 15 is 0 Å². The van der Waals surface area contributed by atoms with Gasteiger partial charge < -0.3 is 19.5 Å². The summed E-state index contributed by atoms with van der Waals surface area (Å²) in [7, 11) is 0. The van der Waals surface area contributed by atoms with Crippen LogP contribution in [0.5, 0.6) is 5.75 Å². The van der Waals surface area contributed by atoms with E-state index in [9.17, 15) is 14.0 Å². The number of amides is 2. The third-order valence-corrected chi connectivity index (χ3v) is 7.60. The molecule has 1 aromatic heterocycles. The van der Waals surface area contributed by atoms with Gasteiger partial charge in [-0.15, -0.1) is 0 Å². The van der Waals surface area contributed by atoms with Crippen molar-refractivity contribution >= 4 is 11.8 Å². The van der Waals surface area contributed by atoms with Crippen LogP contribution in [0.25, 0.3) is 11.4 Å². The Labute approximate surface area is 236 Å². The fourth-order valence-corrected chi connectivity index (χ4v) is 5.46. The normalized spacial score (nSPS) is 17.7. The van der Waals surface area contributed by atoms with Gasteiger partial charge >= 0.3 is 0 Å². The highest BCUT2D eigenvalue weighted by Gasteiger charge is 2.27. The average Bonchev–Trinajstić information content (AvgIpc) is 3.58. The van der Waals surface area contributed by atoms with Crippen LogP contribution in [-0.4, -0.2) is 77.1 Å². The molecule has 1 atom stereocenters. The number of carbonyl (C=O) groups is 2. The van der Waals surface area contributed by atoms with Gasteiger partial charge in [-0.2, -0.15) is 4.98 Å². The third kappa shape index (κ3) is 8.74. The molecular formula is C30H44FN5O4. The molecule has 1 aliphatic carbocycles. The second-order valence-corrected chi connectivity index (χ2v) is 12.4. The monoisotopic (exact) mass is 557 g/mol. The van der Waals surface area contributed by atoms with E-state index in [1.165, 1.54) is 31.7 Å². The quantitative estimate of drug-likeness (QED) is 0.407. The van der Waals surface area contributed by atoms with Crippen molar-refractivity contribution in [1.29, 1.82) is 0 Å². The van der Waals surface area contributed by atoms with Crippen molar-refractivity contribution in [3.8, 4) is 17.1 Å². The molecule has 1 aliphatic heterocycles. The highest BCUT2D eigenvalue weighted by molar-refractivity contribution is 5.87. The molecule has 2 aliphatic rings. The molecule has 0 spiro atoms. The standard InChI is InChI=1S/C30H44FN5O4/c1-21(32-26(37)20-30(2,3)4)29(38)36-15-13-35(14-16-36)12-7-17-39-23-10-11-24(25(31)19-23)28-33-27(40-34-28)18-22-8-5-6-9-22/h10-11,19,21-22H,5-9,12-18,20H2,1-4H3,(H,32,37)/t21-/m1/s1. The Kier molecular flexibility index (Phi) is 10.2. The Hall–Kier alpha value is -3.01. The molecule has 220 valence electrons. The van der Waals surface area contributed by atoms with Gasteiger partial charge in [-0.3, -0.25) is 14.5 Å². The van der Waals surface area contributed by atoms with Crippen molar-refractivity contribution in [3.63, 3.8) is 0 Å². The molecule has 40 heavy (non-hydrogen) atoms. The number of halogens is 1. The molecule has 2 amide bonds. The minimum atomic E-state index is -0.527. The molecule has 2 aromatic rings. The maximum atomic E-state index is 14.8. The summed E-state index contributed by atoms with van der Waals surface area (Å²) in [6.45, 7) is 11.8. The third-order valence-electron chi connectivity index (χ3n) is 7.60. The minimum Gasteiger partial charge on any atom is -0.493 e. The molecule has 1 N–H and O–H groups in total. The maximum Gasteiger partial charge on any atom is 0.244 e. The molecule has 1 aromatic carbocycles. The lowest BCUT2D eigenvalue weighted by Crippen LogP contribution is -2.54. The van der Waals surface area contributed by atoms with Crippen molar-refractivity contribution < 1.29 is 23.2 Å². The number of hydrogen-bond donors (Lipinski definition) is 1. The number of nitrogens with one attached hydrogen (secondary N) is 1.